The van der Waals surface area contributed by atoms with Gasteiger partial charge in [0.2, 0.25) is 0 Å². The van der Waals surface area contributed by atoms with Gasteiger partial charge in [0, 0.05) is 6.61 Å². The number of rotatable bonds is 10. The monoisotopic (exact) mass is 309 g/mol. The van der Waals surface area contributed by atoms with E-state index in [1.807, 2.05) is 13.8 Å². The van der Waals surface area contributed by atoms with E-state index in [0.29, 0.717) is 44.0 Å². The second-order valence-electron chi connectivity index (χ2n) is 4.69. The molecule has 0 aliphatic heterocycles. The first-order chi connectivity index (χ1) is 10.6. The van der Waals surface area contributed by atoms with Crippen molar-refractivity contribution in [3.05, 3.63) is 29.8 Å². The van der Waals surface area contributed by atoms with Gasteiger partial charge in [0.1, 0.15) is 18.4 Å². The molecule has 0 spiro atoms. The van der Waals surface area contributed by atoms with Crippen LogP contribution in [0.2, 0.25) is 0 Å². The summed E-state index contributed by atoms with van der Waals surface area (Å²) in [4.78, 5) is 23.4. The predicted octanol–water partition coefficient (Wildman–Crippen LogP) is 2.08. The number of carboxylic acids is 1. The molecule has 1 rings (SSSR count). The van der Waals surface area contributed by atoms with E-state index in [9.17, 15) is 9.59 Å². The number of ether oxygens (including phenoxy) is 2. The molecule has 0 aliphatic rings. The molecule has 0 saturated heterocycles. The van der Waals surface area contributed by atoms with E-state index >= 15 is 0 Å². The number of aliphatic carboxylic acids is 1. The summed E-state index contributed by atoms with van der Waals surface area (Å²) in [6.07, 6.45) is 1.05. The summed E-state index contributed by atoms with van der Waals surface area (Å²) >= 11 is 0. The van der Waals surface area contributed by atoms with Crippen LogP contribution >= 0.6 is 0 Å². The topological polar surface area (TPSA) is 84.9 Å². The summed E-state index contributed by atoms with van der Waals surface area (Å²) in [6, 6.07) is 5.86. The van der Waals surface area contributed by atoms with E-state index in [1.54, 1.807) is 24.3 Å². The summed E-state index contributed by atoms with van der Waals surface area (Å²) < 4.78 is 10.7. The van der Waals surface area contributed by atoms with Gasteiger partial charge >= 0.3 is 5.97 Å². The zero-order chi connectivity index (χ0) is 16.4. The number of amides is 1. The first-order valence-electron chi connectivity index (χ1n) is 7.43. The molecule has 122 valence electrons. The zero-order valence-electron chi connectivity index (χ0n) is 13.0. The van der Waals surface area contributed by atoms with Crippen molar-refractivity contribution in [3.8, 4) is 5.75 Å². The van der Waals surface area contributed by atoms with E-state index in [4.69, 9.17) is 14.6 Å². The Labute approximate surface area is 130 Å². The van der Waals surface area contributed by atoms with Gasteiger partial charge in [-0.05, 0) is 25.5 Å². The van der Waals surface area contributed by atoms with Crippen molar-refractivity contribution in [1.29, 1.82) is 0 Å². The van der Waals surface area contributed by atoms with Crippen molar-refractivity contribution in [2.45, 2.75) is 32.7 Å². The normalized spacial score (nSPS) is 11.7. The molecule has 6 heteroatoms. The Balaban J connectivity index is 2.73. The predicted molar refractivity (Wildman–Crippen MR) is 82.2 cm³/mol. The third kappa shape index (κ3) is 5.73. The lowest BCUT2D eigenvalue weighted by Gasteiger charge is -2.15. The van der Waals surface area contributed by atoms with Crippen LogP contribution in [-0.4, -0.2) is 42.8 Å². The molecule has 1 amide bonds. The molecule has 0 heterocycles. The fourth-order valence-corrected chi connectivity index (χ4v) is 1.92. The molecule has 0 aliphatic carbocycles. The van der Waals surface area contributed by atoms with Crippen LogP contribution in [0.4, 0.5) is 0 Å². The first-order valence-corrected chi connectivity index (χ1v) is 7.43. The number of nitrogens with one attached hydrogen (secondary N) is 1. The lowest BCUT2D eigenvalue weighted by atomic mass is 10.1. The third-order valence-electron chi connectivity index (χ3n) is 3.00. The molecule has 6 nitrogen and oxygen atoms in total. The standard InChI is InChI=1S/C16H23NO5/c1-3-7-13(16(19)20)17-15(18)12-8-5-6-9-14(12)22-11-10-21-4-2/h5-6,8-9,13H,3-4,7,10-11H2,1-2H3,(H,17,18)(H,19,20). The van der Waals surface area contributed by atoms with Crippen molar-refractivity contribution < 1.29 is 24.2 Å². The lowest BCUT2D eigenvalue weighted by molar-refractivity contribution is -0.139. The number of carboxylic acid groups (broad SMARTS) is 1. The first kappa shape index (κ1) is 18.0. The van der Waals surface area contributed by atoms with Gasteiger partial charge in [-0.2, -0.15) is 0 Å². The second kappa shape index (κ2) is 9.78. The largest absolute Gasteiger partial charge is 0.490 e. The van der Waals surface area contributed by atoms with Crippen molar-refractivity contribution in [3.63, 3.8) is 0 Å². The molecule has 1 unspecified atom stereocenters. The van der Waals surface area contributed by atoms with Crippen LogP contribution in [0.25, 0.3) is 0 Å². The molecular formula is C16H23NO5. The highest BCUT2D eigenvalue weighted by molar-refractivity contribution is 5.98. The molecule has 0 radical (unpaired) electrons. The quantitative estimate of drug-likeness (QED) is 0.646. The maximum atomic E-state index is 12.3. The molecule has 1 aromatic carbocycles. The van der Waals surface area contributed by atoms with Crippen LogP contribution in [-0.2, 0) is 9.53 Å². The van der Waals surface area contributed by atoms with Gasteiger partial charge in [-0.1, -0.05) is 25.5 Å². The SMILES string of the molecule is CCCC(NC(=O)c1ccccc1OCCOCC)C(=O)O. The van der Waals surface area contributed by atoms with Crippen LogP contribution in [0.3, 0.4) is 0 Å². The fourth-order valence-electron chi connectivity index (χ4n) is 1.92. The van der Waals surface area contributed by atoms with Gasteiger partial charge in [-0.15, -0.1) is 0 Å². The van der Waals surface area contributed by atoms with E-state index in [0.717, 1.165) is 0 Å². The maximum Gasteiger partial charge on any atom is 0.326 e. The number of benzene rings is 1. The molecular weight excluding hydrogens is 286 g/mol. The number of hydrogen-bond donors (Lipinski definition) is 2. The number of carbonyl (C=O) groups is 2. The zero-order valence-corrected chi connectivity index (χ0v) is 13.0. The van der Waals surface area contributed by atoms with Gasteiger partial charge in [0.15, 0.2) is 0 Å². The third-order valence-corrected chi connectivity index (χ3v) is 3.00. The maximum absolute atomic E-state index is 12.3. The Morgan fingerprint density at radius 2 is 1.95 bits per heavy atom. The molecule has 0 saturated carbocycles. The summed E-state index contributed by atoms with van der Waals surface area (Å²) in [7, 11) is 0. The Bertz CT molecular complexity index is 489. The van der Waals surface area contributed by atoms with Gasteiger partial charge in [0.25, 0.3) is 5.91 Å². The molecule has 1 atom stereocenters. The minimum absolute atomic E-state index is 0.321. The fraction of sp³-hybridized carbons (Fsp3) is 0.500. The number of para-hydroxylation sites is 1. The van der Waals surface area contributed by atoms with Crippen LogP contribution in [0.5, 0.6) is 5.75 Å². The minimum atomic E-state index is -1.04. The van der Waals surface area contributed by atoms with E-state index in [-0.39, 0.29) is 0 Å². The summed E-state index contributed by atoms with van der Waals surface area (Å²) in [5.74, 6) is -1.07. The molecule has 1 aromatic rings. The minimum Gasteiger partial charge on any atom is -0.490 e. The van der Waals surface area contributed by atoms with Gasteiger partial charge in [-0.3, -0.25) is 4.79 Å². The van der Waals surface area contributed by atoms with Crippen LogP contribution in [0.15, 0.2) is 24.3 Å². The van der Waals surface area contributed by atoms with Crippen molar-refractivity contribution >= 4 is 11.9 Å². The Kier molecular flexibility index (Phi) is 7.99. The number of carbonyl (C=O) groups excluding carboxylic acids is 1. The van der Waals surface area contributed by atoms with E-state index in [1.165, 1.54) is 0 Å². The molecule has 22 heavy (non-hydrogen) atoms. The van der Waals surface area contributed by atoms with Gasteiger partial charge in [0.05, 0.1) is 12.2 Å². The Hall–Kier alpha value is -2.08. The highest BCUT2D eigenvalue weighted by Gasteiger charge is 2.21. The van der Waals surface area contributed by atoms with E-state index in [2.05, 4.69) is 5.32 Å². The van der Waals surface area contributed by atoms with Gasteiger partial charge < -0.3 is 19.9 Å². The van der Waals surface area contributed by atoms with Crippen molar-refractivity contribution in [2.24, 2.45) is 0 Å². The summed E-state index contributed by atoms with van der Waals surface area (Å²) in [5.41, 5.74) is 0.321. The molecule has 2 N–H and O–H groups in total. The van der Waals surface area contributed by atoms with E-state index < -0.39 is 17.9 Å². The highest BCUT2D eigenvalue weighted by atomic mass is 16.5. The average molecular weight is 309 g/mol. The second-order valence-corrected chi connectivity index (χ2v) is 4.69. The smallest absolute Gasteiger partial charge is 0.326 e. The summed E-state index contributed by atoms with van der Waals surface area (Å²) in [6.45, 7) is 5.12. The van der Waals surface area contributed by atoms with Crippen molar-refractivity contribution in [2.75, 3.05) is 19.8 Å². The Morgan fingerprint density at radius 1 is 1.23 bits per heavy atom. The Morgan fingerprint density at radius 3 is 2.59 bits per heavy atom. The lowest BCUT2D eigenvalue weighted by Crippen LogP contribution is -2.40. The number of hydrogen-bond acceptors (Lipinski definition) is 4. The van der Waals surface area contributed by atoms with Crippen LogP contribution in [0, 0.1) is 0 Å². The van der Waals surface area contributed by atoms with Gasteiger partial charge in [-0.25, -0.2) is 4.79 Å². The summed E-state index contributed by atoms with van der Waals surface area (Å²) in [5, 5.41) is 11.6. The molecule has 0 aromatic heterocycles. The van der Waals surface area contributed by atoms with Crippen LogP contribution in [0.1, 0.15) is 37.0 Å². The average Bonchev–Trinajstić information content (AvgIpc) is 2.51. The van der Waals surface area contributed by atoms with Crippen LogP contribution < -0.4 is 10.1 Å². The van der Waals surface area contributed by atoms with Crippen molar-refractivity contribution in [1.82, 2.24) is 5.32 Å². The highest BCUT2D eigenvalue weighted by Crippen LogP contribution is 2.18. The molecule has 0 bridgehead atoms. The molecule has 0 fully saturated rings.